The zero-order valence-electron chi connectivity index (χ0n) is 11.2. The van der Waals surface area contributed by atoms with Crippen LogP contribution < -0.4 is 16.4 Å². The van der Waals surface area contributed by atoms with Crippen LogP contribution in [0.15, 0.2) is 0 Å². The maximum Gasteiger partial charge on any atom is 0.321 e. The molecule has 3 amide bonds. The van der Waals surface area contributed by atoms with Gasteiger partial charge < -0.3 is 11.1 Å². The molecule has 0 spiro atoms. The van der Waals surface area contributed by atoms with Gasteiger partial charge in [0.05, 0.1) is 6.54 Å². The van der Waals surface area contributed by atoms with Gasteiger partial charge in [-0.1, -0.05) is 13.8 Å². The highest BCUT2D eigenvalue weighted by Crippen LogP contribution is 2.13. The Hall–Kier alpha value is -1.14. The zero-order chi connectivity index (χ0) is 13.5. The van der Waals surface area contributed by atoms with Crippen LogP contribution in [0.25, 0.3) is 0 Å². The Bertz CT molecular complexity index is 266. The van der Waals surface area contributed by atoms with E-state index in [1.165, 1.54) is 0 Å². The Morgan fingerprint density at radius 1 is 1.35 bits per heavy atom. The van der Waals surface area contributed by atoms with E-state index in [2.05, 4.69) is 10.6 Å². The van der Waals surface area contributed by atoms with Crippen LogP contribution >= 0.6 is 0 Å². The smallest absolute Gasteiger partial charge is 0.321 e. The van der Waals surface area contributed by atoms with Crippen LogP contribution in [0, 0.1) is 5.41 Å². The van der Waals surface area contributed by atoms with Crippen molar-refractivity contribution in [2.75, 3.05) is 33.2 Å². The first-order valence-corrected chi connectivity index (χ1v) is 5.77. The van der Waals surface area contributed by atoms with Gasteiger partial charge in [-0.25, -0.2) is 4.79 Å². The second-order valence-corrected chi connectivity index (χ2v) is 4.95. The van der Waals surface area contributed by atoms with Crippen LogP contribution in [0.4, 0.5) is 4.79 Å². The van der Waals surface area contributed by atoms with E-state index in [1.807, 2.05) is 25.8 Å². The lowest BCUT2D eigenvalue weighted by atomic mass is 9.93. The Balaban J connectivity index is 4.00. The third-order valence-electron chi connectivity index (χ3n) is 2.25. The molecule has 17 heavy (non-hydrogen) atoms. The van der Waals surface area contributed by atoms with Crippen LogP contribution in [-0.4, -0.2) is 50.1 Å². The fourth-order valence-electron chi connectivity index (χ4n) is 1.47. The monoisotopic (exact) mass is 244 g/mol. The van der Waals surface area contributed by atoms with E-state index >= 15 is 0 Å². The van der Waals surface area contributed by atoms with Gasteiger partial charge in [0.2, 0.25) is 5.91 Å². The lowest BCUT2D eigenvalue weighted by Gasteiger charge is -2.28. The van der Waals surface area contributed by atoms with Crippen molar-refractivity contribution in [3.63, 3.8) is 0 Å². The van der Waals surface area contributed by atoms with Gasteiger partial charge in [0, 0.05) is 13.1 Å². The molecular formula is C11H24N4O2. The van der Waals surface area contributed by atoms with Gasteiger partial charge >= 0.3 is 6.03 Å². The number of nitrogens with one attached hydrogen (secondary N) is 2. The van der Waals surface area contributed by atoms with Crippen molar-refractivity contribution >= 4 is 11.9 Å². The minimum absolute atomic E-state index is 0.0410. The van der Waals surface area contributed by atoms with E-state index in [1.54, 1.807) is 6.92 Å². The number of imide groups is 1. The summed E-state index contributed by atoms with van der Waals surface area (Å²) < 4.78 is 0. The summed E-state index contributed by atoms with van der Waals surface area (Å²) >= 11 is 0. The SMILES string of the molecule is CCNC(=O)NC(=O)CN(C)CC(C)(C)CN. The molecule has 100 valence electrons. The van der Waals surface area contributed by atoms with Gasteiger partial charge in [0.25, 0.3) is 0 Å². The molecule has 0 bridgehead atoms. The average Bonchev–Trinajstić information content (AvgIpc) is 2.16. The molecule has 0 radical (unpaired) electrons. The maximum absolute atomic E-state index is 11.5. The molecule has 6 nitrogen and oxygen atoms in total. The first-order valence-electron chi connectivity index (χ1n) is 5.77. The third kappa shape index (κ3) is 7.70. The number of rotatable bonds is 6. The van der Waals surface area contributed by atoms with Gasteiger partial charge in [-0.2, -0.15) is 0 Å². The van der Waals surface area contributed by atoms with Crippen molar-refractivity contribution < 1.29 is 9.59 Å². The molecule has 0 aromatic heterocycles. The summed E-state index contributed by atoms with van der Waals surface area (Å²) in [4.78, 5) is 24.4. The minimum Gasteiger partial charge on any atom is -0.338 e. The molecule has 6 heteroatoms. The van der Waals surface area contributed by atoms with Gasteiger partial charge in [0.1, 0.15) is 0 Å². The van der Waals surface area contributed by atoms with Gasteiger partial charge in [0.15, 0.2) is 0 Å². The molecule has 0 aliphatic carbocycles. The summed E-state index contributed by atoms with van der Waals surface area (Å²) in [6.07, 6.45) is 0. The molecule has 0 atom stereocenters. The quantitative estimate of drug-likeness (QED) is 0.601. The Morgan fingerprint density at radius 3 is 2.41 bits per heavy atom. The van der Waals surface area contributed by atoms with Gasteiger partial charge in [-0.05, 0) is 25.9 Å². The topological polar surface area (TPSA) is 87.5 Å². The normalized spacial score (nSPS) is 11.4. The molecule has 4 N–H and O–H groups in total. The molecular weight excluding hydrogens is 220 g/mol. The van der Waals surface area contributed by atoms with Crippen LogP contribution in [0.1, 0.15) is 20.8 Å². The maximum atomic E-state index is 11.5. The fourth-order valence-corrected chi connectivity index (χ4v) is 1.47. The average molecular weight is 244 g/mol. The van der Waals surface area contributed by atoms with Crippen molar-refractivity contribution in [1.82, 2.24) is 15.5 Å². The highest BCUT2D eigenvalue weighted by Gasteiger charge is 2.19. The van der Waals surface area contributed by atoms with Crippen LogP contribution in [-0.2, 0) is 4.79 Å². The van der Waals surface area contributed by atoms with E-state index in [-0.39, 0.29) is 17.9 Å². The van der Waals surface area contributed by atoms with E-state index in [0.29, 0.717) is 19.6 Å². The second-order valence-electron chi connectivity index (χ2n) is 4.95. The predicted octanol–water partition coefficient (Wildman–Crippen LogP) is -0.251. The number of nitrogens with two attached hydrogens (primary N) is 1. The summed E-state index contributed by atoms with van der Waals surface area (Å²) in [5, 5.41) is 4.75. The highest BCUT2D eigenvalue weighted by atomic mass is 16.2. The minimum atomic E-state index is -0.455. The van der Waals surface area contributed by atoms with Crippen LogP contribution in [0.2, 0.25) is 0 Å². The molecule has 0 aliphatic rings. The van der Waals surface area contributed by atoms with E-state index in [9.17, 15) is 9.59 Å². The van der Waals surface area contributed by atoms with E-state index in [4.69, 9.17) is 5.73 Å². The zero-order valence-corrected chi connectivity index (χ0v) is 11.2. The summed E-state index contributed by atoms with van der Waals surface area (Å²) in [5.74, 6) is -0.314. The summed E-state index contributed by atoms with van der Waals surface area (Å²) in [5.41, 5.74) is 5.57. The first-order chi connectivity index (χ1) is 7.80. The lowest BCUT2D eigenvalue weighted by Crippen LogP contribution is -2.46. The molecule has 0 unspecified atom stereocenters. The third-order valence-corrected chi connectivity index (χ3v) is 2.25. The molecule has 0 aromatic carbocycles. The number of likely N-dealkylation sites (N-methyl/N-ethyl adjacent to an activating group) is 1. The van der Waals surface area contributed by atoms with Gasteiger partial charge in [-0.3, -0.25) is 15.0 Å². The number of carbonyl (C=O) groups excluding carboxylic acids is 2. The van der Waals surface area contributed by atoms with E-state index < -0.39 is 6.03 Å². The Morgan fingerprint density at radius 2 is 1.94 bits per heavy atom. The number of carbonyl (C=O) groups is 2. The largest absolute Gasteiger partial charge is 0.338 e. The molecule has 0 saturated heterocycles. The number of nitrogens with zero attached hydrogens (tertiary/aromatic N) is 1. The molecule has 0 aliphatic heterocycles. The fraction of sp³-hybridized carbons (Fsp3) is 0.818. The van der Waals surface area contributed by atoms with Crippen molar-refractivity contribution in [3.8, 4) is 0 Å². The Labute approximate surface area is 103 Å². The standard InChI is InChI=1S/C11H24N4O2/c1-5-13-10(17)14-9(16)6-15(4)8-11(2,3)7-12/h5-8,12H2,1-4H3,(H2,13,14,16,17). The number of urea groups is 1. The highest BCUT2D eigenvalue weighted by molar-refractivity contribution is 5.95. The Kier molecular flexibility index (Phi) is 6.75. The molecule has 0 heterocycles. The predicted molar refractivity (Wildman–Crippen MR) is 67.5 cm³/mol. The van der Waals surface area contributed by atoms with Gasteiger partial charge in [-0.15, -0.1) is 0 Å². The van der Waals surface area contributed by atoms with Crippen LogP contribution in [0.5, 0.6) is 0 Å². The summed E-state index contributed by atoms with van der Waals surface area (Å²) in [6.45, 7) is 7.79. The van der Waals surface area contributed by atoms with Crippen molar-refractivity contribution in [3.05, 3.63) is 0 Å². The number of hydrogen-bond acceptors (Lipinski definition) is 4. The lowest BCUT2D eigenvalue weighted by molar-refractivity contribution is -0.121. The molecule has 0 saturated carbocycles. The van der Waals surface area contributed by atoms with E-state index in [0.717, 1.165) is 0 Å². The summed E-state index contributed by atoms with van der Waals surface area (Å²) in [6, 6.07) is -0.455. The summed E-state index contributed by atoms with van der Waals surface area (Å²) in [7, 11) is 1.83. The van der Waals surface area contributed by atoms with Crippen molar-refractivity contribution in [2.45, 2.75) is 20.8 Å². The molecule has 0 aromatic rings. The molecule has 0 fully saturated rings. The van der Waals surface area contributed by atoms with Crippen molar-refractivity contribution in [1.29, 1.82) is 0 Å². The number of hydrogen-bond donors (Lipinski definition) is 3. The molecule has 0 rings (SSSR count). The van der Waals surface area contributed by atoms with Crippen LogP contribution in [0.3, 0.4) is 0 Å². The van der Waals surface area contributed by atoms with Crippen molar-refractivity contribution in [2.24, 2.45) is 11.1 Å². The first kappa shape index (κ1) is 15.9. The second kappa shape index (κ2) is 7.24. The number of amides is 3.